The van der Waals surface area contributed by atoms with Gasteiger partial charge in [-0.15, -0.1) is 0 Å². The Morgan fingerprint density at radius 3 is 1.57 bits per heavy atom. The molecule has 0 spiro atoms. The summed E-state index contributed by atoms with van der Waals surface area (Å²) in [5, 5.41) is 2.71. The van der Waals surface area contributed by atoms with Crippen molar-refractivity contribution in [3.05, 3.63) is 77.5 Å². The Kier molecular flexibility index (Phi) is 17.6. The van der Waals surface area contributed by atoms with Crippen LogP contribution in [0.15, 0.2) is 60.8 Å². The summed E-state index contributed by atoms with van der Waals surface area (Å²) < 4.78 is 32.0. The summed E-state index contributed by atoms with van der Waals surface area (Å²) in [6, 6.07) is 7.29. The first-order valence-electron chi connectivity index (χ1n) is 11.9. The van der Waals surface area contributed by atoms with Gasteiger partial charge in [0.1, 0.15) is 0 Å². The van der Waals surface area contributed by atoms with E-state index in [4.69, 9.17) is 33.3 Å². The average Bonchev–Trinajstić information content (AvgIpc) is 2.96. The fraction of sp³-hybridized carbons (Fsp3) is 0.276. The van der Waals surface area contributed by atoms with Crippen LogP contribution in [-0.4, -0.2) is 61.7 Å². The number of carbonyl (C=O) groups excluding carboxylic acids is 1. The molecule has 1 N–H and O–H groups in total. The normalized spacial score (nSPS) is 11.1. The molecule has 0 heterocycles. The van der Waals surface area contributed by atoms with E-state index >= 15 is 0 Å². The first-order chi connectivity index (χ1) is 19.0. The van der Waals surface area contributed by atoms with Crippen LogP contribution in [0.2, 0.25) is 0 Å². The Bertz CT molecular complexity index is 1140. The number of allylic oxidation sites excluding steroid dienone is 4. The Labute approximate surface area is 278 Å². The predicted octanol–water partition coefficient (Wildman–Crippen LogP) is 1.96. The van der Waals surface area contributed by atoms with Crippen molar-refractivity contribution < 1.29 is 89.4 Å². The van der Waals surface area contributed by atoms with Gasteiger partial charge in [-0.2, -0.15) is 6.20 Å². The maximum atomic E-state index is 12.0. The quantitative estimate of drug-likeness (QED) is 0.106. The Hall–Kier alpha value is -2.93. The molecule has 0 atom stereocenters. The van der Waals surface area contributed by atoms with E-state index in [2.05, 4.69) is 10.8 Å². The number of hydrogen-bond acceptors (Lipinski definition) is 8. The third-order valence-corrected chi connectivity index (χ3v) is 5.14. The summed E-state index contributed by atoms with van der Waals surface area (Å²) >= 11 is 0. The average molecular weight is 579 g/mol. The summed E-state index contributed by atoms with van der Waals surface area (Å²) in [5.74, 6) is 3.03. The van der Waals surface area contributed by atoms with Gasteiger partial charge in [0.25, 0.3) is 0 Å². The largest absolute Gasteiger partial charge is 1.00 e. The van der Waals surface area contributed by atoms with Gasteiger partial charge in [-0.3, -0.25) is 4.79 Å². The van der Waals surface area contributed by atoms with Crippen molar-refractivity contribution in [3.63, 3.8) is 0 Å². The Balaban J connectivity index is 0.00000800. The molecule has 10 nitrogen and oxygen atoms in total. The standard InChI is InChI=1S/C29H35N2O8.K/c1-33-23-17-21(18-24(34-2)28(23)37-5)11-7-8-13-27(32)30-15-16-39-31-14-10-9-12-22-19-25(35-3)29(38-6)26(20-22)36-4;/h7-14,17-20H,15-16H2,1-6H3,(H,30,32);/q-1;+1/b11-7?,12-9+,13-8+,14-10+;. The first-order valence-corrected chi connectivity index (χ1v) is 11.9. The summed E-state index contributed by atoms with van der Waals surface area (Å²) in [6.45, 7) is 0.528. The molecule has 0 radical (unpaired) electrons. The number of rotatable bonds is 16. The minimum Gasteiger partial charge on any atom is -0.568 e. The molecule has 40 heavy (non-hydrogen) atoms. The number of benzene rings is 2. The molecular formula is C29H35KN2O8. The number of hydroxylamine groups is 1. The zero-order chi connectivity index (χ0) is 28.5. The van der Waals surface area contributed by atoms with E-state index in [9.17, 15) is 4.79 Å². The van der Waals surface area contributed by atoms with Crippen LogP contribution in [0.25, 0.3) is 17.6 Å². The third-order valence-electron chi connectivity index (χ3n) is 5.14. The van der Waals surface area contributed by atoms with Crippen molar-refractivity contribution in [1.82, 2.24) is 5.32 Å². The topological polar surface area (TPSA) is 108 Å². The molecule has 210 valence electrons. The molecule has 0 saturated carbocycles. The molecule has 0 fully saturated rings. The second kappa shape index (κ2) is 20.0. The molecule has 0 unspecified atom stereocenters. The SMILES string of the molecule is COc1cc(C=C/C=C/C(=O)NCCO[N-]/C=C/C=C/c2cc(OC)c(OC)c(OC)c2)cc(OC)c1OC.[K+]. The van der Waals surface area contributed by atoms with Crippen LogP contribution < -0.4 is 85.1 Å². The molecular weight excluding hydrogens is 543 g/mol. The summed E-state index contributed by atoms with van der Waals surface area (Å²) in [5.41, 5.74) is 5.53. The molecule has 0 bridgehead atoms. The third kappa shape index (κ3) is 11.3. The molecule has 11 heteroatoms. The van der Waals surface area contributed by atoms with E-state index in [0.29, 0.717) is 41.0 Å². The minimum atomic E-state index is -0.253. The van der Waals surface area contributed by atoms with Crippen LogP contribution in [-0.2, 0) is 9.63 Å². The van der Waals surface area contributed by atoms with Gasteiger partial charge in [-0.05, 0) is 35.4 Å². The molecule has 0 aliphatic heterocycles. The van der Waals surface area contributed by atoms with Gasteiger partial charge in [-0.1, -0.05) is 36.5 Å². The van der Waals surface area contributed by atoms with Gasteiger partial charge < -0.3 is 44.1 Å². The molecule has 0 aliphatic rings. The predicted molar refractivity (Wildman–Crippen MR) is 151 cm³/mol. The van der Waals surface area contributed by atoms with Crippen LogP contribution in [0, 0.1) is 0 Å². The van der Waals surface area contributed by atoms with E-state index in [1.165, 1.54) is 12.3 Å². The first kappa shape index (κ1) is 35.1. The number of nitrogens with one attached hydrogen (secondary N) is 1. The van der Waals surface area contributed by atoms with Crippen molar-refractivity contribution in [1.29, 1.82) is 0 Å². The second-order valence-electron chi connectivity index (χ2n) is 7.57. The van der Waals surface area contributed by atoms with Gasteiger partial charge in [0, 0.05) is 19.2 Å². The second-order valence-corrected chi connectivity index (χ2v) is 7.57. The molecule has 2 rings (SSSR count). The van der Waals surface area contributed by atoms with Gasteiger partial charge >= 0.3 is 51.4 Å². The van der Waals surface area contributed by atoms with E-state index < -0.39 is 0 Å². The number of nitrogens with zero attached hydrogens (tertiary/aromatic N) is 1. The van der Waals surface area contributed by atoms with Gasteiger partial charge in [0.15, 0.2) is 23.0 Å². The number of carbonyl (C=O) groups is 1. The van der Waals surface area contributed by atoms with E-state index in [1.54, 1.807) is 67.0 Å². The van der Waals surface area contributed by atoms with Crippen molar-refractivity contribution in [2.45, 2.75) is 0 Å². The van der Waals surface area contributed by atoms with E-state index in [1.807, 2.05) is 36.4 Å². The van der Waals surface area contributed by atoms with Crippen LogP contribution in [0.4, 0.5) is 0 Å². The maximum absolute atomic E-state index is 12.0. The maximum Gasteiger partial charge on any atom is 1.00 e. The zero-order valence-corrected chi connectivity index (χ0v) is 27.2. The zero-order valence-electron chi connectivity index (χ0n) is 24.1. The number of amides is 1. The summed E-state index contributed by atoms with van der Waals surface area (Å²) in [4.78, 5) is 17.1. The van der Waals surface area contributed by atoms with Crippen LogP contribution in [0.1, 0.15) is 11.1 Å². The van der Waals surface area contributed by atoms with Gasteiger partial charge in [0.2, 0.25) is 17.4 Å². The van der Waals surface area contributed by atoms with Crippen LogP contribution in [0.3, 0.4) is 0 Å². The fourth-order valence-corrected chi connectivity index (χ4v) is 3.33. The van der Waals surface area contributed by atoms with Crippen LogP contribution >= 0.6 is 0 Å². The van der Waals surface area contributed by atoms with Gasteiger partial charge in [0.05, 0.1) is 42.7 Å². The van der Waals surface area contributed by atoms with Gasteiger partial charge in [-0.25, -0.2) is 0 Å². The van der Waals surface area contributed by atoms with Crippen molar-refractivity contribution in [2.75, 3.05) is 55.8 Å². The Morgan fingerprint density at radius 2 is 1.15 bits per heavy atom. The smallest absolute Gasteiger partial charge is 0.568 e. The van der Waals surface area contributed by atoms with Crippen molar-refractivity contribution in [2.24, 2.45) is 0 Å². The summed E-state index contributed by atoms with van der Waals surface area (Å²) in [6.07, 6.45) is 13.5. The molecule has 0 aliphatic carbocycles. The van der Waals surface area contributed by atoms with E-state index in [0.717, 1.165) is 11.1 Å². The number of methoxy groups -OCH3 is 6. The minimum absolute atomic E-state index is 0. The molecule has 2 aromatic carbocycles. The summed E-state index contributed by atoms with van der Waals surface area (Å²) in [7, 11) is 9.35. The van der Waals surface area contributed by atoms with Crippen molar-refractivity contribution >= 4 is 18.1 Å². The van der Waals surface area contributed by atoms with Crippen LogP contribution in [0.5, 0.6) is 34.5 Å². The van der Waals surface area contributed by atoms with Crippen molar-refractivity contribution in [3.8, 4) is 34.5 Å². The molecule has 0 aromatic heterocycles. The van der Waals surface area contributed by atoms with E-state index in [-0.39, 0.29) is 63.9 Å². The Morgan fingerprint density at radius 1 is 0.700 bits per heavy atom. The number of ether oxygens (including phenoxy) is 6. The molecule has 1 amide bonds. The fourth-order valence-electron chi connectivity index (χ4n) is 3.33. The molecule has 0 saturated heterocycles. The molecule has 2 aromatic rings. The number of hydrogen-bond donors (Lipinski definition) is 1. The monoisotopic (exact) mass is 578 g/mol.